The largest absolute Gasteiger partial charge is 0.462 e. The van der Waals surface area contributed by atoms with Gasteiger partial charge in [0.25, 0.3) is 0 Å². The number of nitrogens with two attached hydrogens (primary N) is 1. The van der Waals surface area contributed by atoms with E-state index in [1.54, 1.807) is 0 Å². The summed E-state index contributed by atoms with van der Waals surface area (Å²) in [5.41, 5.74) is 5.55. The molecule has 5 heteroatoms. The zero-order chi connectivity index (χ0) is 12.7. The van der Waals surface area contributed by atoms with Gasteiger partial charge < -0.3 is 15.2 Å². The number of carbonyl (C=O) groups excluding carboxylic acids is 1. The van der Waals surface area contributed by atoms with Crippen molar-refractivity contribution < 1.29 is 18.7 Å². The van der Waals surface area contributed by atoms with Crippen LogP contribution in [0.2, 0.25) is 0 Å². The first-order valence-corrected chi connectivity index (χ1v) is 5.45. The van der Waals surface area contributed by atoms with E-state index in [0.29, 0.717) is 19.6 Å². The number of hydrogen-bond acceptors (Lipinski definition) is 4. The maximum absolute atomic E-state index is 13.3. The van der Waals surface area contributed by atoms with E-state index in [0.717, 1.165) is 6.07 Å². The normalized spacial score (nSPS) is 10.2. The number of ether oxygens (including phenoxy) is 2. The Hall–Kier alpha value is -1.62. The van der Waals surface area contributed by atoms with E-state index >= 15 is 0 Å². The van der Waals surface area contributed by atoms with Crippen LogP contribution < -0.4 is 5.73 Å². The van der Waals surface area contributed by atoms with E-state index in [2.05, 4.69) is 0 Å². The summed E-state index contributed by atoms with van der Waals surface area (Å²) < 4.78 is 23.3. The fraction of sp³-hybridized carbons (Fsp3) is 0.417. The van der Waals surface area contributed by atoms with Crippen molar-refractivity contribution in [3.63, 3.8) is 0 Å². The van der Waals surface area contributed by atoms with Crippen molar-refractivity contribution in [2.24, 2.45) is 0 Å². The van der Waals surface area contributed by atoms with Crippen molar-refractivity contribution in [3.05, 3.63) is 29.6 Å². The first-order valence-electron chi connectivity index (χ1n) is 5.45. The molecule has 0 amide bonds. The topological polar surface area (TPSA) is 61.5 Å². The minimum absolute atomic E-state index is 0.101. The average Bonchev–Trinajstić information content (AvgIpc) is 2.28. The molecule has 0 spiro atoms. The fourth-order valence-electron chi connectivity index (χ4n) is 1.24. The second-order valence-corrected chi connectivity index (χ2v) is 3.43. The number of rotatable bonds is 6. The lowest BCUT2D eigenvalue weighted by Crippen LogP contribution is -2.10. The lowest BCUT2D eigenvalue weighted by Gasteiger charge is -2.06. The molecule has 0 saturated carbocycles. The highest BCUT2D eigenvalue weighted by Crippen LogP contribution is 2.12. The van der Waals surface area contributed by atoms with E-state index in [9.17, 15) is 9.18 Å². The van der Waals surface area contributed by atoms with Gasteiger partial charge in [0.05, 0.1) is 12.2 Å². The Morgan fingerprint density at radius 3 is 2.82 bits per heavy atom. The first kappa shape index (κ1) is 13.4. The van der Waals surface area contributed by atoms with Gasteiger partial charge in [0.15, 0.2) is 0 Å². The lowest BCUT2D eigenvalue weighted by atomic mass is 10.2. The maximum Gasteiger partial charge on any atom is 0.341 e. The Bertz CT molecular complexity index is 382. The Balaban J connectivity index is 2.42. The van der Waals surface area contributed by atoms with E-state index in [4.69, 9.17) is 15.2 Å². The molecule has 2 N–H and O–H groups in total. The smallest absolute Gasteiger partial charge is 0.341 e. The van der Waals surface area contributed by atoms with Crippen molar-refractivity contribution >= 4 is 11.7 Å². The minimum atomic E-state index is -0.681. The molecular weight excluding hydrogens is 225 g/mol. The van der Waals surface area contributed by atoms with E-state index in [-0.39, 0.29) is 17.9 Å². The predicted molar refractivity (Wildman–Crippen MR) is 62.2 cm³/mol. The molecule has 0 bridgehead atoms. The van der Waals surface area contributed by atoms with Gasteiger partial charge in [-0.05, 0) is 25.1 Å². The minimum Gasteiger partial charge on any atom is -0.462 e. The Morgan fingerprint density at radius 1 is 1.41 bits per heavy atom. The van der Waals surface area contributed by atoms with E-state index < -0.39 is 11.8 Å². The van der Waals surface area contributed by atoms with Crippen LogP contribution in [0.3, 0.4) is 0 Å². The average molecular weight is 241 g/mol. The number of benzene rings is 1. The van der Waals surface area contributed by atoms with Crippen LogP contribution in [0.4, 0.5) is 10.1 Å². The number of carbonyl (C=O) groups is 1. The standard InChI is InChI=1S/C12H16FNO3/c1-2-16-6-3-7-17-12(15)10-5-4-9(14)8-11(10)13/h4-5,8H,2-3,6-7,14H2,1H3. The molecule has 94 valence electrons. The molecule has 1 rings (SSSR count). The summed E-state index contributed by atoms with van der Waals surface area (Å²) in [7, 11) is 0. The van der Waals surface area contributed by atoms with Gasteiger partial charge in [0, 0.05) is 25.3 Å². The highest BCUT2D eigenvalue weighted by atomic mass is 19.1. The molecule has 1 aromatic carbocycles. The van der Waals surface area contributed by atoms with Crippen LogP contribution in [0.5, 0.6) is 0 Å². The van der Waals surface area contributed by atoms with Gasteiger partial charge in [-0.25, -0.2) is 9.18 Å². The van der Waals surface area contributed by atoms with Crippen LogP contribution in [0.25, 0.3) is 0 Å². The van der Waals surface area contributed by atoms with Crippen molar-refractivity contribution in [1.82, 2.24) is 0 Å². The van der Waals surface area contributed by atoms with Gasteiger partial charge in [-0.15, -0.1) is 0 Å². The molecule has 4 nitrogen and oxygen atoms in total. The monoisotopic (exact) mass is 241 g/mol. The molecule has 0 aliphatic heterocycles. The van der Waals surface area contributed by atoms with Crippen LogP contribution in [0, 0.1) is 5.82 Å². The zero-order valence-corrected chi connectivity index (χ0v) is 9.74. The quantitative estimate of drug-likeness (QED) is 0.470. The van der Waals surface area contributed by atoms with Crippen molar-refractivity contribution in [1.29, 1.82) is 0 Å². The number of esters is 1. The summed E-state index contributed by atoms with van der Waals surface area (Å²) in [4.78, 5) is 11.5. The molecule has 1 aromatic rings. The Labute approximate surface area is 99.5 Å². The predicted octanol–water partition coefficient (Wildman–Crippen LogP) is 1.99. The highest BCUT2D eigenvalue weighted by Gasteiger charge is 2.12. The van der Waals surface area contributed by atoms with Crippen LogP contribution in [0.1, 0.15) is 23.7 Å². The van der Waals surface area contributed by atoms with Crippen LogP contribution >= 0.6 is 0 Å². The number of halogens is 1. The highest BCUT2D eigenvalue weighted by molar-refractivity contribution is 5.90. The number of nitrogen functional groups attached to an aromatic ring is 1. The second-order valence-electron chi connectivity index (χ2n) is 3.43. The molecule has 0 radical (unpaired) electrons. The third-order valence-electron chi connectivity index (χ3n) is 2.08. The molecule has 0 aromatic heterocycles. The number of anilines is 1. The zero-order valence-electron chi connectivity index (χ0n) is 9.74. The lowest BCUT2D eigenvalue weighted by molar-refractivity contribution is 0.0447. The third kappa shape index (κ3) is 4.40. The Morgan fingerprint density at radius 2 is 2.18 bits per heavy atom. The molecule has 0 heterocycles. The molecular formula is C12H16FNO3. The van der Waals surface area contributed by atoms with Crippen LogP contribution in [-0.4, -0.2) is 25.8 Å². The second kappa shape index (κ2) is 6.85. The summed E-state index contributed by atoms with van der Waals surface area (Å²) in [6.07, 6.45) is 0.593. The maximum atomic E-state index is 13.3. The molecule has 0 aliphatic rings. The van der Waals surface area contributed by atoms with Gasteiger partial charge in [-0.1, -0.05) is 0 Å². The molecule has 0 aliphatic carbocycles. The molecule has 17 heavy (non-hydrogen) atoms. The summed E-state index contributed by atoms with van der Waals surface area (Å²) in [6.45, 7) is 3.24. The summed E-state index contributed by atoms with van der Waals surface area (Å²) in [6, 6.07) is 3.87. The van der Waals surface area contributed by atoms with E-state index in [1.165, 1.54) is 12.1 Å². The van der Waals surface area contributed by atoms with Crippen molar-refractivity contribution in [3.8, 4) is 0 Å². The van der Waals surface area contributed by atoms with E-state index in [1.807, 2.05) is 6.92 Å². The van der Waals surface area contributed by atoms with Gasteiger partial charge in [0.1, 0.15) is 5.82 Å². The third-order valence-corrected chi connectivity index (χ3v) is 2.08. The summed E-state index contributed by atoms with van der Waals surface area (Å²) >= 11 is 0. The van der Waals surface area contributed by atoms with Crippen molar-refractivity contribution in [2.75, 3.05) is 25.6 Å². The molecule has 0 fully saturated rings. The molecule has 0 saturated heterocycles. The number of hydrogen-bond donors (Lipinski definition) is 1. The summed E-state index contributed by atoms with van der Waals surface area (Å²) in [5.74, 6) is -1.35. The van der Waals surface area contributed by atoms with Gasteiger partial charge in [-0.2, -0.15) is 0 Å². The Kier molecular flexibility index (Phi) is 5.42. The first-order chi connectivity index (χ1) is 8.15. The molecule has 0 unspecified atom stereocenters. The van der Waals surface area contributed by atoms with Gasteiger partial charge in [0.2, 0.25) is 0 Å². The van der Waals surface area contributed by atoms with Gasteiger partial charge >= 0.3 is 5.97 Å². The summed E-state index contributed by atoms with van der Waals surface area (Å²) in [5, 5.41) is 0. The van der Waals surface area contributed by atoms with Crippen LogP contribution in [0.15, 0.2) is 18.2 Å². The molecule has 0 atom stereocenters. The van der Waals surface area contributed by atoms with Gasteiger partial charge in [-0.3, -0.25) is 0 Å². The SMILES string of the molecule is CCOCCCOC(=O)c1ccc(N)cc1F. The van der Waals surface area contributed by atoms with Crippen molar-refractivity contribution in [2.45, 2.75) is 13.3 Å². The van der Waals surface area contributed by atoms with Crippen LogP contribution in [-0.2, 0) is 9.47 Å². The fourth-order valence-corrected chi connectivity index (χ4v) is 1.24.